The Balaban J connectivity index is -0.000000163. The largest absolute Gasteiger partial charge is 0.346 e. The van der Waals surface area contributed by atoms with Gasteiger partial charge in [0, 0.05) is 18.5 Å². The lowest BCUT2D eigenvalue weighted by molar-refractivity contribution is 0.481. The molecule has 2 N–H and O–H groups in total. The lowest BCUT2D eigenvalue weighted by atomic mass is 10.8. The van der Waals surface area contributed by atoms with E-state index in [-0.39, 0.29) is 23.5 Å². The summed E-state index contributed by atoms with van der Waals surface area (Å²) in [6.07, 6.45) is 2.49. The summed E-state index contributed by atoms with van der Waals surface area (Å²) in [5.74, 6) is 0. The van der Waals surface area contributed by atoms with Gasteiger partial charge in [-0.15, -0.1) is 6.58 Å². The predicted octanol–water partition coefficient (Wildman–Crippen LogP) is 0.752. The normalized spacial score (nSPS) is 11.7. The maximum absolute atomic E-state index is 10.5. The highest BCUT2D eigenvalue weighted by Crippen LogP contribution is 2.38. The third-order valence-electron chi connectivity index (χ3n) is 1.31. The number of hydrogen-bond donors (Lipinski definition) is 2. The van der Waals surface area contributed by atoms with Gasteiger partial charge in [-0.25, -0.2) is 0 Å². The van der Waals surface area contributed by atoms with Crippen molar-refractivity contribution in [3.63, 3.8) is 0 Å². The van der Waals surface area contributed by atoms with Gasteiger partial charge >= 0.3 is 0 Å². The average molecular weight is 258 g/mol. The Hall–Kier alpha value is 0.652. The lowest BCUT2D eigenvalue weighted by Gasteiger charge is -2.01. The molecule has 0 amide bonds. The Kier molecular flexibility index (Phi) is 16.8. The highest BCUT2D eigenvalue weighted by Gasteiger charge is 2.08. The Morgan fingerprint density at radius 1 is 1.43 bits per heavy atom. The fraction of sp³-hybridized carbons (Fsp3) is 0.714. The third kappa shape index (κ3) is 18.4. The van der Waals surface area contributed by atoms with Gasteiger partial charge in [-0.3, -0.25) is 9.13 Å². The highest BCUT2D eigenvalue weighted by atomic mass is 31.2. The molecule has 0 saturated carbocycles. The SMILES string of the molecule is C=CC[PH](=O)O.CCP(=O)(O)CC.[AlH3]. The van der Waals surface area contributed by atoms with Gasteiger partial charge in [0.05, 0.1) is 0 Å². The van der Waals surface area contributed by atoms with E-state index in [1.807, 2.05) is 0 Å². The minimum Gasteiger partial charge on any atom is -0.346 e. The van der Waals surface area contributed by atoms with Gasteiger partial charge in [0.2, 0.25) is 0 Å². The molecule has 4 nitrogen and oxygen atoms in total. The van der Waals surface area contributed by atoms with Crippen molar-refractivity contribution in [2.24, 2.45) is 0 Å². The first-order valence-corrected chi connectivity index (χ1v) is 7.62. The van der Waals surface area contributed by atoms with E-state index >= 15 is 0 Å². The van der Waals surface area contributed by atoms with E-state index in [4.69, 9.17) is 9.79 Å². The summed E-state index contributed by atoms with van der Waals surface area (Å²) in [4.78, 5) is 16.7. The van der Waals surface area contributed by atoms with Crippen molar-refractivity contribution >= 4 is 32.8 Å². The maximum atomic E-state index is 10.5. The highest BCUT2D eigenvalue weighted by molar-refractivity contribution is 7.57. The van der Waals surface area contributed by atoms with Gasteiger partial charge in [0.15, 0.2) is 32.8 Å². The van der Waals surface area contributed by atoms with Crippen LogP contribution in [0.1, 0.15) is 13.8 Å². The molecule has 0 saturated heterocycles. The van der Waals surface area contributed by atoms with Crippen LogP contribution in [0.15, 0.2) is 12.7 Å². The predicted molar refractivity (Wildman–Crippen MR) is 67.1 cm³/mol. The van der Waals surface area contributed by atoms with Crippen molar-refractivity contribution in [1.29, 1.82) is 0 Å². The van der Waals surface area contributed by atoms with E-state index in [2.05, 4.69) is 6.58 Å². The summed E-state index contributed by atoms with van der Waals surface area (Å²) in [5, 5.41) is 0. The number of rotatable bonds is 4. The second-order valence-corrected chi connectivity index (χ2v) is 6.52. The zero-order valence-corrected chi connectivity index (χ0v) is 9.96. The molecule has 86 valence electrons. The van der Waals surface area contributed by atoms with Crippen molar-refractivity contribution in [1.82, 2.24) is 0 Å². The van der Waals surface area contributed by atoms with Crippen molar-refractivity contribution < 1.29 is 18.9 Å². The zero-order chi connectivity index (χ0) is 10.9. The maximum Gasteiger partial charge on any atom is 0.200 e. The summed E-state index contributed by atoms with van der Waals surface area (Å²) < 4.78 is 20.2. The fourth-order valence-corrected chi connectivity index (χ4v) is 1.04. The summed E-state index contributed by atoms with van der Waals surface area (Å²) >= 11 is 0. The van der Waals surface area contributed by atoms with E-state index in [9.17, 15) is 9.13 Å². The lowest BCUT2D eigenvalue weighted by Crippen LogP contribution is -1.84. The quantitative estimate of drug-likeness (QED) is 0.443. The molecular weight excluding hydrogens is 237 g/mol. The molecule has 0 aromatic heterocycles. The molecule has 7 heteroatoms. The summed E-state index contributed by atoms with van der Waals surface area (Å²) in [6.45, 7) is 6.72. The second-order valence-electron chi connectivity index (χ2n) is 2.37. The van der Waals surface area contributed by atoms with Crippen LogP contribution in [0.3, 0.4) is 0 Å². The Labute approximate surface area is 96.9 Å². The molecule has 0 fully saturated rings. The first kappa shape index (κ1) is 20.1. The van der Waals surface area contributed by atoms with Crippen molar-refractivity contribution in [3.8, 4) is 0 Å². The van der Waals surface area contributed by atoms with E-state index in [0.29, 0.717) is 12.3 Å². The van der Waals surface area contributed by atoms with Crippen LogP contribution in [-0.4, -0.2) is 45.6 Å². The Morgan fingerprint density at radius 2 is 1.79 bits per heavy atom. The monoisotopic (exact) mass is 258 g/mol. The van der Waals surface area contributed by atoms with Crippen molar-refractivity contribution in [2.45, 2.75) is 13.8 Å². The Morgan fingerprint density at radius 3 is 1.79 bits per heavy atom. The van der Waals surface area contributed by atoms with E-state index in [1.54, 1.807) is 13.8 Å². The van der Waals surface area contributed by atoms with Crippen molar-refractivity contribution in [2.75, 3.05) is 18.5 Å². The molecule has 14 heavy (non-hydrogen) atoms. The Bertz CT molecular complexity index is 200. The van der Waals surface area contributed by atoms with Crippen LogP contribution < -0.4 is 0 Å². The van der Waals surface area contributed by atoms with E-state index in [1.165, 1.54) is 6.08 Å². The molecule has 0 radical (unpaired) electrons. The molecule has 0 heterocycles. The minimum atomic E-state index is -2.65. The number of hydrogen-bond acceptors (Lipinski definition) is 2. The molecule has 1 atom stereocenters. The smallest absolute Gasteiger partial charge is 0.200 e. The van der Waals surface area contributed by atoms with Crippen LogP contribution in [0.25, 0.3) is 0 Å². The molecule has 0 aliphatic heterocycles. The third-order valence-corrected chi connectivity index (χ3v) is 3.92. The first-order valence-electron chi connectivity index (χ1n) is 4.03. The molecule has 0 aromatic carbocycles. The van der Waals surface area contributed by atoms with Crippen LogP contribution in [-0.2, 0) is 9.13 Å². The van der Waals surface area contributed by atoms with E-state index in [0.717, 1.165) is 0 Å². The molecule has 0 spiro atoms. The second kappa shape index (κ2) is 11.7. The molecular formula is C7H21AlO4P2. The van der Waals surface area contributed by atoms with Gasteiger partial charge in [0.1, 0.15) is 0 Å². The molecule has 0 rings (SSSR count). The standard InChI is InChI=1S/C4H11O2P.C3H7O2P.Al.3H/c1-3-7(5,6)4-2;1-2-3-6(4)5;;;;/h3-4H2,1-2H3,(H,5,6);2,6H,1,3H2,(H,4,5);;;;. The molecule has 0 bridgehead atoms. The average Bonchev–Trinajstić information content (AvgIpc) is 2.05. The van der Waals surface area contributed by atoms with Crippen LogP contribution in [0, 0.1) is 0 Å². The zero-order valence-electron chi connectivity index (χ0n) is 8.06. The fourth-order valence-electron chi connectivity index (χ4n) is 0.347. The molecule has 1 unspecified atom stereocenters. The van der Waals surface area contributed by atoms with Gasteiger partial charge in [0.25, 0.3) is 0 Å². The van der Waals surface area contributed by atoms with E-state index < -0.39 is 15.4 Å². The van der Waals surface area contributed by atoms with Crippen molar-refractivity contribution in [3.05, 3.63) is 12.7 Å². The molecule has 0 aliphatic carbocycles. The van der Waals surface area contributed by atoms with Crippen LogP contribution in [0.5, 0.6) is 0 Å². The van der Waals surface area contributed by atoms with Crippen LogP contribution >= 0.6 is 15.4 Å². The molecule has 0 aromatic rings. The van der Waals surface area contributed by atoms with Crippen LogP contribution in [0.2, 0.25) is 0 Å². The molecule has 0 aliphatic rings. The van der Waals surface area contributed by atoms with Gasteiger partial charge in [-0.1, -0.05) is 19.9 Å². The summed E-state index contributed by atoms with van der Waals surface area (Å²) in [6, 6.07) is 0. The summed E-state index contributed by atoms with van der Waals surface area (Å²) in [5.41, 5.74) is 0. The van der Waals surface area contributed by atoms with Gasteiger partial charge < -0.3 is 9.79 Å². The first-order chi connectivity index (χ1) is 5.89. The number of allylic oxidation sites excluding steroid dienone is 1. The van der Waals surface area contributed by atoms with Crippen LogP contribution in [0.4, 0.5) is 0 Å². The van der Waals surface area contributed by atoms with Gasteiger partial charge in [-0.05, 0) is 0 Å². The minimum absolute atomic E-state index is 0. The summed E-state index contributed by atoms with van der Waals surface area (Å²) in [7, 11) is -4.91. The van der Waals surface area contributed by atoms with Gasteiger partial charge in [-0.2, -0.15) is 0 Å². The topological polar surface area (TPSA) is 74.6 Å².